The third-order valence-corrected chi connectivity index (χ3v) is 0.946. The summed E-state index contributed by atoms with van der Waals surface area (Å²) in [7, 11) is 0. The average Bonchev–Trinajstić information content (AvgIpc) is 2.12. The van der Waals surface area contributed by atoms with Gasteiger partial charge in [0.2, 0.25) is 0 Å². The van der Waals surface area contributed by atoms with Crippen LogP contribution in [-0.4, -0.2) is 16.1 Å². The minimum absolute atomic E-state index is 0.0903. The Morgan fingerprint density at radius 1 is 1.50 bits per heavy atom. The quantitative estimate of drug-likeness (QED) is 0.645. The van der Waals surface area contributed by atoms with Crippen LogP contribution in [0.3, 0.4) is 0 Å². The Hall–Kier alpha value is -1.00. The highest BCUT2D eigenvalue weighted by molar-refractivity contribution is 4.95. The minimum atomic E-state index is -4.15. The fourth-order valence-electron chi connectivity index (χ4n) is 0.597. The van der Waals surface area contributed by atoms with Gasteiger partial charge in [0.25, 0.3) is 0 Å². The first-order valence-corrected chi connectivity index (χ1v) is 2.62. The highest BCUT2D eigenvalue weighted by Crippen LogP contribution is 2.19. The molecule has 56 valence electrons. The first-order valence-electron chi connectivity index (χ1n) is 2.62. The van der Waals surface area contributed by atoms with Gasteiger partial charge in [0.1, 0.15) is 0 Å². The van der Waals surface area contributed by atoms with E-state index < -0.39 is 12.6 Å². The second kappa shape index (κ2) is 2.32. The maximum Gasteiger partial charge on any atom is 0.394 e. The molecule has 1 heterocycles. The summed E-state index contributed by atoms with van der Waals surface area (Å²) in [5.74, 6) is 0. The number of hydrogen-bond acceptors (Lipinski definition) is 1. The molecule has 0 spiro atoms. The predicted octanol–water partition coefficient (Wildman–Crippen LogP) is 1.51. The largest absolute Gasteiger partial charge is 0.394 e. The molecule has 10 heavy (non-hydrogen) atoms. The zero-order valence-electron chi connectivity index (χ0n) is 4.94. The number of rotatable bonds is 1. The molecule has 5 heteroatoms. The second-order valence-corrected chi connectivity index (χ2v) is 1.87. The van der Waals surface area contributed by atoms with Gasteiger partial charge in [-0.25, -0.2) is 4.98 Å². The van der Waals surface area contributed by atoms with Gasteiger partial charge in [-0.15, -0.1) is 0 Å². The number of H-pyrrole nitrogens is 1. The Morgan fingerprint density at radius 2 is 2.20 bits per heavy atom. The lowest BCUT2D eigenvalue weighted by molar-refractivity contribution is -0.127. The smallest absolute Gasteiger partial charge is 0.348 e. The summed E-state index contributed by atoms with van der Waals surface area (Å²) in [4.78, 5) is 5.81. The molecular formula is C5H5F3N2. The van der Waals surface area contributed by atoms with Gasteiger partial charge in [0.05, 0.1) is 12.7 Å². The highest BCUT2D eigenvalue weighted by Gasteiger charge is 2.27. The zero-order chi connectivity index (χ0) is 7.61. The Morgan fingerprint density at radius 3 is 2.60 bits per heavy atom. The fourth-order valence-corrected chi connectivity index (χ4v) is 0.597. The number of aromatic nitrogens is 2. The van der Waals surface area contributed by atoms with Crippen molar-refractivity contribution >= 4 is 0 Å². The van der Waals surface area contributed by atoms with Crippen LogP contribution in [0.4, 0.5) is 13.2 Å². The summed E-state index contributed by atoms with van der Waals surface area (Å²) in [6.45, 7) is 0. The van der Waals surface area contributed by atoms with Crippen LogP contribution in [0, 0.1) is 0 Å². The van der Waals surface area contributed by atoms with E-state index >= 15 is 0 Å². The molecule has 0 atom stereocenters. The van der Waals surface area contributed by atoms with Crippen LogP contribution in [0.2, 0.25) is 0 Å². The van der Waals surface area contributed by atoms with E-state index in [9.17, 15) is 13.2 Å². The van der Waals surface area contributed by atoms with E-state index in [1.165, 1.54) is 6.33 Å². The maximum absolute atomic E-state index is 11.6. The molecule has 0 saturated heterocycles. The summed E-state index contributed by atoms with van der Waals surface area (Å²) in [6.07, 6.45) is -2.70. The Balaban J connectivity index is 2.57. The SMILES string of the molecule is FC(F)(F)Cc1cnc[nH]1. The molecule has 0 radical (unpaired) electrons. The zero-order valence-corrected chi connectivity index (χ0v) is 4.94. The van der Waals surface area contributed by atoms with Crippen molar-refractivity contribution in [3.05, 3.63) is 18.2 Å². The number of alkyl halides is 3. The van der Waals surface area contributed by atoms with Crippen LogP contribution in [-0.2, 0) is 6.42 Å². The summed E-state index contributed by atoms with van der Waals surface area (Å²) < 4.78 is 34.7. The summed E-state index contributed by atoms with van der Waals surface area (Å²) in [5, 5.41) is 0. The van der Waals surface area contributed by atoms with Crippen LogP contribution in [0.1, 0.15) is 5.69 Å². The standard InChI is InChI=1S/C5H5F3N2/c6-5(7,8)1-4-2-9-3-10-4/h2-3H,1H2,(H,9,10). The van der Waals surface area contributed by atoms with Crippen LogP contribution in [0.15, 0.2) is 12.5 Å². The van der Waals surface area contributed by atoms with E-state index in [2.05, 4.69) is 9.97 Å². The Labute approximate surface area is 55.1 Å². The third kappa shape index (κ3) is 2.08. The molecule has 0 bridgehead atoms. The van der Waals surface area contributed by atoms with E-state index in [1.807, 2.05) is 0 Å². The minimum Gasteiger partial charge on any atom is -0.348 e. The number of nitrogens with zero attached hydrogens (tertiary/aromatic N) is 1. The van der Waals surface area contributed by atoms with Crippen molar-refractivity contribution in [3.8, 4) is 0 Å². The van der Waals surface area contributed by atoms with Crippen LogP contribution < -0.4 is 0 Å². The van der Waals surface area contributed by atoms with Crippen molar-refractivity contribution < 1.29 is 13.2 Å². The van der Waals surface area contributed by atoms with Crippen LogP contribution in [0.25, 0.3) is 0 Å². The lowest BCUT2D eigenvalue weighted by Gasteiger charge is -2.01. The summed E-state index contributed by atoms with van der Waals surface area (Å²) in [6, 6.07) is 0. The number of hydrogen-bond donors (Lipinski definition) is 1. The van der Waals surface area contributed by atoms with Crippen LogP contribution in [0.5, 0.6) is 0 Å². The van der Waals surface area contributed by atoms with Crippen molar-refractivity contribution in [2.45, 2.75) is 12.6 Å². The summed E-state index contributed by atoms with van der Waals surface area (Å²) in [5.41, 5.74) is 0.0903. The fraction of sp³-hybridized carbons (Fsp3) is 0.400. The Kier molecular flexibility index (Phi) is 1.65. The predicted molar refractivity (Wildman–Crippen MR) is 28.3 cm³/mol. The topological polar surface area (TPSA) is 28.7 Å². The van der Waals surface area contributed by atoms with Crippen molar-refractivity contribution in [1.82, 2.24) is 9.97 Å². The van der Waals surface area contributed by atoms with Crippen molar-refractivity contribution in [3.63, 3.8) is 0 Å². The lowest BCUT2D eigenvalue weighted by atomic mass is 10.3. The molecule has 1 N–H and O–H groups in total. The number of aromatic amines is 1. The van der Waals surface area contributed by atoms with Gasteiger partial charge in [0.15, 0.2) is 0 Å². The highest BCUT2D eigenvalue weighted by atomic mass is 19.4. The molecule has 1 aromatic heterocycles. The van der Waals surface area contributed by atoms with Crippen LogP contribution >= 0.6 is 0 Å². The molecule has 2 nitrogen and oxygen atoms in total. The lowest BCUT2D eigenvalue weighted by Crippen LogP contribution is -2.11. The van der Waals surface area contributed by atoms with Crippen molar-refractivity contribution in [1.29, 1.82) is 0 Å². The van der Waals surface area contributed by atoms with E-state index in [0.29, 0.717) is 0 Å². The van der Waals surface area contributed by atoms with E-state index in [0.717, 1.165) is 6.20 Å². The van der Waals surface area contributed by atoms with Gasteiger partial charge < -0.3 is 4.98 Å². The first-order chi connectivity index (χ1) is 4.58. The molecule has 0 amide bonds. The van der Waals surface area contributed by atoms with Gasteiger partial charge in [-0.2, -0.15) is 13.2 Å². The van der Waals surface area contributed by atoms with E-state index in [4.69, 9.17) is 0 Å². The van der Waals surface area contributed by atoms with Gasteiger partial charge in [0, 0.05) is 11.9 Å². The van der Waals surface area contributed by atoms with Crippen molar-refractivity contribution in [2.75, 3.05) is 0 Å². The van der Waals surface area contributed by atoms with Gasteiger partial charge in [-0.3, -0.25) is 0 Å². The maximum atomic E-state index is 11.6. The van der Waals surface area contributed by atoms with E-state index in [1.54, 1.807) is 0 Å². The number of imidazole rings is 1. The molecule has 1 rings (SSSR count). The molecule has 0 aromatic carbocycles. The third-order valence-electron chi connectivity index (χ3n) is 0.946. The summed E-state index contributed by atoms with van der Waals surface area (Å²) >= 11 is 0. The molecule has 0 fully saturated rings. The van der Waals surface area contributed by atoms with Gasteiger partial charge in [-0.1, -0.05) is 0 Å². The molecule has 0 saturated carbocycles. The molecular weight excluding hydrogens is 145 g/mol. The molecule has 0 aliphatic heterocycles. The van der Waals surface area contributed by atoms with Gasteiger partial charge in [-0.05, 0) is 0 Å². The Bertz CT molecular complexity index is 189. The number of halogens is 3. The molecule has 0 aliphatic carbocycles. The monoisotopic (exact) mass is 150 g/mol. The average molecular weight is 150 g/mol. The first kappa shape index (κ1) is 7.11. The normalized spacial score (nSPS) is 11.9. The van der Waals surface area contributed by atoms with Gasteiger partial charge >= 0.3 is 6.18 Å². The van der Waals surface area contributed by atoms with E-state index in [-0.39, 0.29) is 5.69 Å². The molecule has 0 unspecified atom stereocenters. The second-order valence-electron chi connectivity index (χ2n) is 1.87. The number of nitrogens with one attached hydrogen (secondary N) is 1. The molecule has 0 aliphatic rings. The molecule has 1 aromatic rings. The van der Waals surface area contributed by atoms with Crippen molar-refractivity contribution in [2.24, 2.45) is 0 Å².